The summed E-state index contributed by atoms with van der Waals surface area (Å²) in [5.74, 6) is 0.943. The molecule has 25 heavy (non-hydrogen) atoms. The molecule has 0 radical (unpaired) electrons. The fraction of sp³-hybridized carbons (Fsp3) is 0.529. The van der Waals surface area contributed by atoms with E-state index in [9.17, 15) is 4.79 Å². The molecule has 0 aliphatic rings. The maximum atomic E-state index is 11.9. The minimum Gasteiger partial charge on any atom is -0.380 e. The second-order valence-corrected chi connectivity index (χ2v) is 5.88. The van der Waals surface area contributed by atoms with Gasteiger partial charge in [-0.1, -0.05) is 12.1 Å². The number of carbonyl (C=O) groups is 1. The van der Waals surface area contributed by atoms with Crippen molar-refractivity contribution in [3.8, 4) is 0 Å². The lowest BCUT2D eigenvalue weighted by molar-refractivity contribution is -0.123. The van der Waals surface area contributed by atoms with Gasteiger partial charge in [-0.05, 0) is 26.0 Å². The number of benzene rings is 1. The van der Waals surface area contributed by atoms with E-state index in [0.29, 0.717) is 25.6 Å². The standard InChI is InChI=1S/C17H26N4O2.2ClH/c1-12(2)21-15-7-5-4-6-14(15)20-16(21)8-9-19-17(22)10-13(11-18)23-3;;/h4-7,12-13H,8-11,18H2,1-3H3,(H,19,22);2*1H. The van der Waals surface area contributed by atoms with Crippen LogP contribution in [0.15, 0.2) is 24.3 Å². The maximum Gasteiger partial charge on any atom is 0.222 e. The highest BCUT2D eigenvalue weighted by Gasteiger charge is 2.14. The van der Waals surface area contributed by atoms with Gasteiger partial charge in [-0.3, -0.25) is 4.79 Å². The number of imidazole rings is 1. The van der Waals surface area contributed by atoms with E-state index in [1.54, 1.807) is 7.11 Å². The summed E-state index contributed by atoms with van der Waals surface area (Å²) in [7, 11) is 1.57. The average Bonchev–Trinajstić information content (AvgIpc) is 2.90. The van der Waals surface area contributed by atoms with Gasteiger partial charge in [0.1, 0.15) is 5.82 Å². The molecule has 0 spiro atoms. The zero-order valence-electron chi connectivity index (χ0n) is 14.9. The highest BCUT2D eigenvalue weighted by Crippen LogP contribution is 2.20. The first-order valence-electron chi connectivity index (χ1n) is 8.02. The fourth-order valence-corrected chi connectivity index (χ4v) is 2.70. The number of halogens is 2. The van der Waals surface area contributed by atoms with Crippen LogP contribution < -0.4 is 11.1 Å². The van der Waals surface area contributed by atoms with Gasteiger partial charge in [0.2, 0.25) is 5.91 Å². The van der Waals surface area contributed by atoms with E-state index >= 15 is 0 Å². The third-order valence-electron chi connectivity index (χ3n) is 3.87. The molecule has 0 saturated carbocycles. The molecule has 1 amide bonds. The van der Waals surface area contributed by atoms with Gasteiger partial charge in [-0.25, -0.2) is 4.98 Å². The third kappa shape index (κ3) is 6.15. The Hall–Kier alpha value is -1.34. The van der Waals surface area contributed by atoms with Crippen molar-refractivity contribution in [2.24, 2.45) is 5.73 Å². The Labute approximate surface area is 161 Å². The van der Waals surface area contributed by atoms with Gasteiger partial charge in [-0.15, -0.1) is 24.8 Å². The van der Waals surface area contributed by atoms with Crippen LogP contribution in [0.4, 0.5) is 0 Å². The van der Waals surface area contributed by atoms with Crippen molar-refractivity contribution in [3.05, 3.63) is 30.1 Å². The molecule has 2 aromatic rings. The molecule has 142 valence electrons. The second-order valence-electron chi connectivity index (χ2n) is 5.88. The lowest BCUT2D eigenvalue weighted by atomic mass is 10.2. The molecule has 2 rings (SSSR count). The van der Waals surface area contributed by atoms with E-state index in [1.165, 1.54) is 0 Å². The van der Waals surface area contributed by atoms with Crippen molar-refractivity contribution in [2.45, 2.75) is 38.8 Å². The number of nitrogens with one attached hydrogen (secondary N) is 1. The summed E-state index contributed by atoms with van der Waals surface area (Å²) >= 11 is 0. The van der Waals surface area contributed by atoms with Crippen molar-refractivity contribution < 1.29 is 9.53 Å². The summed E-state index contributed by atoms with van der Waals surface area (Å²) in [5, 5.41) is 2.91. The molecule has 1 heterocycles. The van der Waals surface area contributed by atoms with Crippen LogP contribution in [0.25, 0.3) is 11.0 Å². The molecule has 0 aliphatic heterocycles. The Kier molecular flexibility index (Phi) is 10.7. The molecule has 6 nitrogen and oxygen atoms in total. The van der Waals surface area contributed by atoms with Crippen molar-refractivity contribution in [2.75, 3.05) is 20.2 Å². The number of hydrogen-bond acceptors (Lipinski definition) is 4. The first kappa shape index (κ1) is 23.7. The van der Waals surface area contributed by atoms with Crippen molar-refractivity contribution >= 4 is 41.8 Å². The molecule has 8 heteroatoms. The smallest absolute Gasteiger partial charge is 0.222 e. The number of rotatable bonds is 8. The van der Waals surface area contributed by atoms with E-state index < -0.39 is 0 Å². The quantitative estimate of drug-likeness (QED) is 0.725. The Morgan fingerprint density at radius 2 is 2.00 bits per heavy atom. The van der Waals surface area contributed by atoms with Crippen molar-refractivity contribution in [1.29, 1.82) is 0 Å². The number of nitrogens with two attached hydrogens (primary N) is 1. The number of aromatic nitrogens is 2. The molecule has 0 bridgehead atoms. The van der Waals surface area contributed by atoms with Crippen LogP contribution in [-0.2, 0) is 16.0 Å². The normalized spacial score (nSPS) is 11.7. The predicted octanol–water partition coefficient (Wildman–Crippen LogP) is 2.48. The number of carbonyl (C=O) groups excluding carboxylic acids is 1. The van der Waals surface area contributed by atoms with Gasteiger partial charge in [0.15, 0.2) is 0 Å². The Morgan fingerprint density at radius 1 is 1.32 bits per heavy atom. The van der Waals surface area contributed by atoms with E-state index in [4.69, 9.17) is 15.5 Å². The topological polar surface area (TPSA) is 82.2 Å². The zero-order valence-corrected chi connectivity index (χ0v) is 16.5. The van der Waals surface area contributed by atoms with Gasteiger partial charge in [0, 0.05) is 32.7 Å². The van der Waals surface area contributed by atoms with Crippen molar-refractivity contribution in [1.82, 2.24) is 14.9 Å². The maximum absolute atomic E-state index is 11.9. The SMILES string of the molecule is COC(CN)CC(=O)NCCc1nc2ccccc2n1C(C)C.Cl.Cl. The minimum atomic E-state index is -0.227. The highest BCUT2D eigenvalue weighted by atomic mass is 35.5. The fourth-order valence-electron chi connectivity index (χ4n) is 2.70. The Morgan fingerprint density at radius 3 is 2.60 bits per heavy atom. The van der Waals surface area contributed by atoms with Crippen LogP contribution in [0.2, 0.25) is 0 Å². The van der Waals surface area contributed by atoms with E-state index in [0.717, 1.165) is 16.9 Å². The number of amides is 1. The van der Waals surface area contributed by atoms with E-state index in [-0.39, 0.29) is 43.2 Å². The first-order chi connectivity index (χ1) is 11.1. The minimum absolute atomic E-state index is 0. The highest BCUT2D eigenvalue weighted by molar-refractivity contribution is 5.85. The second kappa shape index (κ2) is 11.3. The predicted molar refractivity (Wildman–Crippen MR) is 106 cm³/mol. The monoisotopic (exact) mass is 390 g/mol. The number of para-hydroxylation sites is 2. The molecule has 0 saturated heterocycles. The van der Waals surface area contributed by atoms with Crippen LogP contribution in [0.1, 0.15) is 32.1 Å². The lowest BCUT2D eigenvalue weighted by Crippen LogP contribution is -2.33. The molecule has 0 fully saturated rings. The summed E-state index contributed by atoms with van der Waals surface area (Å²) in [6, 6.07) is 8.42. The number of fused-ring (bicyclic) bond motifs is 1. The Balaban J connectivity index is 0.00000288. The number of nitrogens with zero attached hydrogens (tertiary/aromatic N) is 2. The number of ether oxygens (including phenoxy) is 1. The summed E-state index contributed by atoms with van der Waals surface area (Å²) < 4.78 is 7.34. The molecule has 1 atom stereocenters. The lowest BCUT2D eigenvalue weighted by Gasteiger charge is -2.14. The molecular formula is C17H28Cl2N4O2. The molecule has 0 aliphatic carbocycles. The van der Waals surface area contributed by atoms with Gasteiger partial charge in [0.25, 0.3) is 0 Å². The first-order valence-corrected chi connectivity index (χ1v) is 8.02. The van der Waals surface area contributed by atoms with Gasteiger partial charge in [-0.2, -0.15) is 0 Å². The van der Waals surface area contributed by atoms with E-state index in [2.05, 4.69) is 29.8 Å². The summed E-state index contributed by atoms with van der Waals surface area (Å²) in [6.07, 6.45) is 0.752. The van der Waals surface area contributed by atoms with Crippen LogP contribution in [0, 0.1) is 0 Å². The molecule has 1 aromatic carbocycles. The van der Waals surface area contributed by atoms with Gasteiger partial charge < -0.3 is 20.4 Å². The molecule has 1 unspecified atom stereocenters. The molecular weight excluding hydrogens is 363 g/mol. The average molecular weight is 391 g/mol. The molecule has 3 N–H and O–H groups in total. The summed E-state index contributed by atoms with van der Waals surface area (Å²) in [5.41, 5.74) is 7.65. The van der Waals surface area contributed by atoms with Crippen LogP contribution >= 0.6 is 24.8 Å². The number of methoxy groups -OCH3 is 1. The van der Waals surface area contributed by atoms with Crippen LogP contribution in [0.3, 0.4) is 0 Å². The summed E-state index contributed by atoms with van der Waals surface area (Å²) in [4.78, 5) is 16.6. The van der Waals surface area contributed by atoms with Gasteiger partial charge >= 0.3 is 0 Å². The number of hydrogen-bond donors (Lipinski definition) is 2. The largest absolute Gasteiger partial charge is 0.380 e. The third-order valence-corrected chi connectivity index (χ3v) is 3.87. The Bertz CT molecular complexity index is 657. The van der Waals surface area contributed by atoms with E-state index in [1.807, 2.05) is 18.2 Å². The van der Waals surface area contributed by atoms with Crippen molar-refractivity contribution in [3.63, 3.8) is 0 Å². The van der Waals surface area contributed by atoms with Gasteiger partial charge in [0.05, 0.1) is 23.6 Å². The molecule has 1 aromatic heterocycles. The summed E-state index contributed by atoms with van der Waals surface area (Å²) in [6.45, 7) is 5.17. The van der Waals surface area contributed by atoms with Crippen LogP contribution in [0.5, 0.6) is 0 Å². The van der Waals surface area contributed by atoms with Crippen LogP contribution in [-0.4, -0.2) is 41.8 Å². The zero-order chi connectivity index (χ0) is 16.8.